The molecule has 0 bridgehead atoms. The molecule has 0 saturated carbocycles. The van der Waals surface area contributed by atoms with E-state index in [9.17, 15) is 9.90 Å². The van der Waals surface area contributed by atoms with E-state index in [1.165, 1.54) is 0 Å². The third kappa shape index (κ3) is 2.23. The standard InChI is InChI=1S/C16H17NO3/c1-2-14-13(12-5-3-4-6-15(12)20-14)7-8-16(19)17-9-11(18)10-17/h3-8,11,18H,2,9-10H2,1H3/b8-7+. The van der Waals surface area contributed by atoms with E-state index in [-0.39, 0.29) is 12.0 Å². The molecule has 104 valence electrons. The van der Waals surface area contributed by atoms with Gasteiger partial charge in [-0.1, -0.05) is 25.1 Å². The number of nitrogens with zero attached hydrogens (tertiary/aromatic N) is 1. The lowest BCUT2D eigenvalue weighted by molar-refractivity contribution is -0.135. The second-order valence-corrected chi connectivity index (χ2v) is 5.02. The zero-order chi connectivity index (χ0) is 14.1. The molecule has 2 aromatic rings. The van der Waals surface area contributed by atoms with E-state index in [0.29, 0.717) is 13.1 Å². The van der Waals surface area contributed by atoms with E-state index in [4.69, 9.17) is 4.42 Å². The lowest BCUT2D eigenvalue weighted by Crippen LogP contribution is -2.52. The Bertz CT molecular complexity index is 665. The van der Waals surface area contributed by atoms with Gasteiger partial charge in [-0.05, 0) is 12.1 Å². The Morgan fingerprint density at radius 3 is 2.90 bits per heavy atom. The van der Waals surface area contributed by atoms with Gasteiger partial charge in [-0.3, -0.25) is 4.79 Å². The summed E-state index contributed by atoms with van der Waals surface area (Å²) >= 11 is 0. The van der Waals surface area contributed by atoms with Crippen molar-refractivity contribution in [2.24, 2.45) is 0 Å². The first kappa shape index (κ1) is 12.9. The molecule has 20 heavy (non-hydrogen) atoms. The van der Waals surface area contributed by atoms with Gasteiger partial charge in [-0.15, -0.1) is 0 Å². The lowest BCUT2D eigenvalue weighted by Gasteiger charge is -2.34. The largest absolute Gasteiger partial charge is 0.460 e. The summed E-state index contributed by atoms with van der Waals surface area (Å²) in [6, 6.07) is 7.82. The smallest absolute Gasteiger partial charge is 0.246 e. The SMILES string of the molecule is CCc1oc2ccccc2c1/C=C/C(=O)N1CC(O)C1. The molecule has 1 aromatic carbocycles. The van der Waals surface area contributed by atoms with Crippen LogP contribution in [-0.2, 0) is 11.2 Å². The quantitative estimate of drug-likeness (QED) is 0.871. The van der Waals surface area contributed by atoms with Crippen LogP contribution in [0.5, 0.6) is 0 Å². The summed E-state index contributed by atoms with van der Waals surface area (Å²) in [5.74, 6) is 0.821. The molecule has 0 spiro atoms. The maximum Gasteiger partial charge on any atom is 0.246 e. The molecule has 3 rings (SSSR count). The second-order valence-electron chi connectivity index (χ2n) is 5.02. The van der Waals surface area contributed by atoms with Crippen molar-refractivity contribution in [3.63, 3.8) is 0 Å². The van der Waals surface area contributed by atoms with Crippen LogP contribution in [0.2, 0.25) is 0 Å². The number of furan rings is 1. The summed E-state index contributed by atoms with van der Waals surface area (Å²) in [6.45, 7) is 2.88. The highest BCUT2D eigenvalue weighted by Gasteiger charge is 2.27. The fraction of sp³-hybridized carbons (Fsp3) is 0.312. The van der Waals surface area contributed by atoms with E-state index in [1.54, 1.807) is 11.0 Å². The van der Waals surface area contributed by atoms with Gasteiger partial charge >= 0.3 is 0 Å². The summed E-state index contributed by atoms with van der Waals surface area (Å²) in [5, 5.41) is 10.2. The normalized spacial score (nSPS) is 16.0. The van der Waals surface area contributed by atoms with Crippen molar-refractivity contribution in [3.05, 3.63) is 41.7 Å². The van der Waals surface area contributed by atoms with Crippen molar-refractivity contribution in [2.45, 2.75) is 19.4 Å². The van der Waals surface area contributed by atoms with Crippen LogP contribution in [0.25, 0.3) is 17.0 Å². The third-order valence-electron chi connectivity index (χ3n) is 3.60. The van der Waals surface area contributed by atoms with Crippen LogP contribution >= 0.6 is 0 Å². The minimum atomic E-state index is -0.367. The Morgan fingerprint density at radius 1 is 1.45 bits per heavy atom. The van der Waals surface area contributed by atoms with Gasteiger partial charge in [-0.25, -0.2) is 0 Å². The summed E-state index contributed by atoms with van der Waals surface area (Å²) in [7, 11) is 0. The number of hydrogen-bond acceptors (Lipinski definition) is 3. The summed E-state index contributed by atoms with van der Waals surface area (Å²) in [4.78, 5) is 13.5. The Labute approximate surface area is 117 Å². The second kappa shape index (κ2) is 5.13. The van der Waals surface area contributed by atoms with Crippen molar-refractivity contribution in [2.75, 3.05) is 13.1 Å². The predicted octanol–water partition coefficient (Wildman–Crippen LogP) is 2.21. The molecule has 1 saturated heterocycles. The van der Waals surface area contributed by atoms with Crippen molar-refractivity contribution in [3.8, 4) is 0 Å². The van der Waals surface area contributed by atoms with Gasteiger partial charge in [0.2, 0.25) is 5.91 Å². The fourth-order valence-corrected chi connectivity index (χ4v) is 2.46. The van der Waals surface area contributed by atoms with Gasteiger partial charge in [0.1, 0.15) is 11.3 Å². The number of benzene rings is 1. The predicted molar refractivity (Wildman–Crippen MR) is 77.2 cm³/mol. The summed E-state index contributed by atoms with van der Waals surface area (Å²) in [5.41, 5.74) is 1.81. The van der Waals surface area contributed by atoms with E-state index in [2.05, 4.69) is 0 Å². The molecule has 1 aliphatic heterocycles. The maximum absolute atomic E-state index is 11.9. The zero-order valence-electron chi connectivity index (χ0n) is 11.4. The number of fused-ring (bicyclic) bond motifs is 1. The number of aliphatic hydroxyl groups excluding tert-OH is 1. The molecule has 0 unspecified atom stereocenters. The number of aliphatic hydroxyl groups is 1. The molecule has 4 nitrogen and oxygen atoms in total. The zero-order valence-corrected chi connectivity index (χ0v) is 11.4. The molecular weight excluding hydrogens is 254 g/mol. The first-order valence-electron chi connectivity index (χ1n) is 6.84. The van der Waals surface area contributed by atoms with E-state index in [1.807, 2.05) is 37.3 Å². The molecule has 0 atom stereocenters. The number of carbonyl (C=O) groups is 1. The van der Waals surface area contributed by atoms with Crippen LogP contribution in [0.1, 0.15) is 18.2 Å². The highest BCUT2D eigenvalue weighted by molar-refractivity contribution is 5.96. The maximum atomic E-state index is 11.9. The summed E-state index contributed by atoms with van der Waals surface area (Å²) < 4.78 is 5.78. The minimum absolute atomic E-state index is 0.0670. The molecule has 1 fully saturated rings. The molecule has 0 radical (unpaired) electrons. The highest BCUT2D eigenvalue weighted by Crippen LogP contribution is 2.27. The first-order chi connectivity index (χ1) is 9.69. The molecular formula is C16H17NO3. The Kier molecular flexibility index (Phi) is 3.32. The van der Waals surface area contributed by atoms with Crippen LogP contribution in [0.15, 0.2) is 34.8 Å². The Balaban J connectivity index is 1.88. The van der Waals surface area contributed by atoms with Crippen molar-refractivity contribution in [1.29, 1.82) is 0 Å². The average molecular weight is 271 g/mol. The highest BCUT2D eigenvalue weighted by atomic mass is 16.3. The number of likely N-dealkylation sites (tertiary alicyclic amines) is 1. The Hall–Kier alpha value is -2.07. The number of amides is 1. The van der Waals surface area contributed by atoms with Gasteiger partial charge in [0, 0.05) is 36.5 Å². The van der Waals surface area contributed by atoms with Crippen LogP contribution in [0.3, 0.4) is 0 Å². The van der Waals surface area contributed by atoms with Gasteiger partial charge in [-0.2, -0.15) is 0 Å². The monoisotopic (exact) mass is 271 g/mol. The number of carbonyl (C=O) groups excluding carboxylic acids is 1. The molecule has 0 aliphatic carbocycles. The van der Waals surface area contributed by atoms with Crippen LogP contribution in [-0.4, -0.2) is 35.1 Å². The molecule has 1 amide bonds. The van der Waals surface area contributed by atoms with Crippen LogP contribution in [0.4, 0.5) is 0 Å². The number of para-hydroxylation sites is 1. The van der Waals surface area contributed by atoms with Gasteiger partial charge in [0.25, 0.3) is 0 Å². The molecule has 4 heteroatoms. The summed E-state index contributed by atoms with van der Waals surface area (Å²) in [6.07, 6.45) is 3.79. The number of hydrogen-bond donors (Lipinski definition) is 1. The molecule has 2 heterocycles. The van der Waals surface area contributed by atoms with E-state index >= 15 is 0 Å². The topological polar surface area (TPSA) is 53.7 Å². The fourth-order valence-electron chi connectivity index (χ4n) is 2.46. The van der Waals surface area contributed by atoms with Gasteiger partial charge in [0.15, 0.2) is 0 Å². The van der Waals surface area contributed by atoms with Gasteiger partial charge in [0.05, 0.1) is 6.10 Å². The molecule has 1 aromatic heterocycles. The first-order valence-corrected chi connectivity index (χ1v) is 6.84. The van der Waals surface area contributed by atoms with Crippen LogP contribution in [0, 0.1) is 0 Å². The molecule has 1 N–H and O–H groups in total. The van der Waals surface area contributed by atoms with Crippen LogP contribution < -0.4 is 0 Å². The lowest BCUT2D eigenvalue weighted by atomic mass is 10.1. The van der Waals surface area contributed by atoms with E-state index < -0.39 is 0 Å². The average Bonchev–Trinajstić information content (AvgIpc) is 2.79. The van der Waals surface area contributed by atoms with Gasteiger partial charge < -0.3 is 14.4 Å². The number of aryl methyl sites for hydroxylation is 1. The third-order valence-corrected chi connectivity index (χ3v) is 3.60. The minimum Gasteiger partial charge on any atom is -0.460 e. The number of β-amino-alcohol motifs (C(OH)–C–C–N with tert-alkyl or cyclic N) is 1. The van der Waals surface area contributed by atoms with Crippen molar-refractivity contribution in [1.82, 2.24) is 4.90 Å². The number of rotatable bonds is 3. The Morgan fingerprint density at radius 2 is 2.20 bits per heavy atom. The van der Waals surface area contributed by atoms with Crippen molar-refractivity contribution >= 4 is 23.0 Å². The molecule has 1 aliphatic rings. The van der Waals surface area contributed by atoms with Crippen molar-refractivity contribution < 1.29 is 14.3 Å². The van der Waals surface area contributed by atoms with E-state index in [0.717, 1.165) is 28.7 Å².